The fourth-order valence-corrected chi connectivity index (χ4v) is 2.43. The summed E-state index contributed by atoms with van der Waals surface area (Å²) in [6.45, 7) is 6.28. The van der Waals surface area contributed by atoms with Gasteiger partial charge in [0.05, 0.1) is 12.8 Å². The molecule has 3 rings (SSSR count). The second kappa shape index (κ2) is 10.7. The Morgan fingerprint density at radius 1 is 1.19 bits per heavy atom. The molecule has 0 atom stereocenters. The minimum atomic E-state index is 0. The Balaban J connectivity index is 0.00000261. The summed E-state index contributed by atoms with van der Waals surface area (Å²) < 4.78 is 5.30. The van der Waals surface area contributed by atoms with Crippen LogP contribution in [0.4, 0.5) is 0 Å². The second-order valence-corrected chi connectivity index (χ2v) is 5.94. The molecule has 0 aliphatic rings. The molecule has 144 valence electrons. The third kappa shape index (κ3) is 6.38. The summed E-state index contributed by atoms with van der Waals surface area (Å²) in [6, 6.07) is 12.1. The summed E-state index contributed by atoms with van der Waals surface area (Å²) in [5, 5.41) is 13.7. The maximum atomic E-state index is 5.30. The van der Waals surface area contributed by atoms with Crippen molar-refractivity contribution in [3.63, 3.8) is 0 Å². The van der Waals surface area contributed by atoms with E-state index < -0.39 is 0 Å². The van der Waals surface area contributed by atoms with E-state index in [4.69, 9.17) is 4.42 Å². The molecule has 2 heterocycles. The van der Waals surface area contributed by atoms with Crippen LogP contribution in [0.15, 0.2) is 52.1 Å². The van der Waals surface area contributed by atoms with Crippen molar-refractivity contribution < 1.29 is 4.42 Å². The van der Waals surface area contributed by atoms with Crippen molar-refractivity contribution in [3.05, 3.63) is 59.6 Å². The van der Waals surface area contributed by atoms with Crippen molar-refractivity contribution in [1.82, 2.24) is 25.8 Å². The normalized spacial score (nSPS) is 11.1. The predicted molar refractivity (Wildman–Crippen MR) is 117 cm³/mol. The van der Waals surface area contributed by atoms with E-state index in [1.54, 1.807) is 6.26 Å². The molecule has 3 aromatic rings. The third-order valence-corrected chi connectivity index (χ3v) is 3.81. The molecule has 0 fully saturated rings. The monoisotopic (exact) mass is 480 g/mol. The van der Waals surface area contributed by atoms with E-state index in [0.717, 1.165) is 18.3 Å². The van der Waals surface area contributed by atoms with Gasteiger partial charge in [-0.1, -0.05) is 29.8 Å². The first kappa shape index (κ1) is 20.9. The van der Waals surface area contributed by atoms with Crippen LogP contribution < -0.4 is 10.6 Å². The molecular formula is C19H25IN6O. The minimum Gasteiger partial charge on any atom is -0.461 e. The summed E-state index contributed by atoms with van der Waals surface area (Å²) in [5.74, 6) is 2.83. The summed E-state index contributed by atoms with van der Waals surface area (Å²) in [4.78, 5) is 9.06. The fraction of sp³-hybridized carbons (Fsp3) is 0.316. The number of aryl methyl sites for hydroxylation is 1. The van der Waals surface area contributed by atoms with Gasteiger partial charge in [-0.15, -0.1) is 24.0 Å². The van der Waals surface area contributed by atoms with Gasteiger partial charge in [-0.05, 0) is 31.5 Å². The van der Waals surface area contributed by atoms with Crippen molar-refractivity contribution in [2.75, 3.05) is 13.1 Å². The van der Waals surface area contributed by atoms with Gasteiger partial charge in [-0.25, -0.2) is 9.98 Å². The van der Waals surface area contributed by atoms with E-state index in [9.17, 15) is 0 Å². The lowest BCUT2D eigenvalue weighted by molar-refractivity contribution is 0.577. The van der Waals surface area contributed by atoms with Crippen LogP contribution >= 0.6 is 24.0 Å². The molecule has 0 saturated heterocycles. The van der Waals surface area contributed by atoms with Crippen LogP contribution in [0.1, 0.15) is 23.9 Å². The number of H-pyrrole nitrogens is 1. The molecule has 0 aliphatic heterocycles. The number of hydrogen-bond donors (Lipinski definition) is 3. The third-order valence-electron chi connectivity index (χ3n) is 3.81. The van der Waals surface area contributed by atoms with Crippen LogP contribution in [0.25, 0.3) is 11.6 Å². The van der Waals surface area contributed by atoms with E-state index in [0.29, 0.717) is 31.1 Å². The standard InChI is InChI=1S/C19H24N6O.HI/c1-3-20-19(22-13-15-8-6-14(2)7-9-15)21-11-10-17-23-18(25-24-17)16-5-4-12-26-16;/h4-9,12H,3,10-11,13H2,1-2H3,(H2,20,21,22)(H,23,24,25);1H. The smallest absolute Gasteiger partial charge is 0.216 e. The maximum Gasteiger partial charge on any atom is 0.216 e. The number of halogens is 1. The van der Waals surface area contributed by atoms with Gasteiger partial charge in [-0.2, -0.15) is 5.10 Å². The molecule has 0 unspecified atom stereocenters. The molecule has 0 amide bonds. The van der Waals surface area contributed by atoms with Crippen LogP contribution in [-0.2, 0) is 13.0 Å². The number of aliphatic imine (C=N–C) groups is 1. The summed E-state index contributed by atoms with van der Waals surface area (Å²) in [7, 11) is 0. The number of aromatic nitrogens is 3. The molecule has 0 aliphatic carbocycles. The van der Waals surface area contributed by atoms with Crippen LogP contribution in [0.2, 0.25) is 0 Å². The number of guanidine groups is 1. The molecule has 2 aromatic heterocycles. The maximum absolute atomic E-state index is 5.30. The van der Waals surface area contributed by atoms with Crippen molar-refractivity contribution in [3.8, 4) is 11.6 Å². The van der Waals surface area contributed by atoms with E-state index in [1.165, 1.54) is 11.1 Å². The first-order chi connectivity index (χ1) is 12.7. The number of rotatable bonds is 7. The van der Waals surface area contributed by atoms with Gasteiger partial charge in [0.25, 0.3) is 0 Å². The molecule has 8 heteroatoms. The SMILES string of the molecule is CCNC(=NCc1ccc(C)cc1)NCCc1nc(-c2ccco2)n[nH]1.I. The summed E-state index contributed by atoms with van der Waals surface area (Å²) in [6.07, 6.45) is 2.32. The first-order valence-electron chi connectivity index (χ1n) is 8.77. The number of benzene rings is 1. The first-order valence-corrected chi connectivity index (χ1v) is 8.77. The molecule has 0 bridgehead atoms. The lowest BCUT2D eigenvalue weighted by atomic mass is 10.1. The van der Waals surface area contributed by atoms with E-state index in [-0.39, 0.29) is 24.0 Å². The fourth-order valence-electron chi connectivity index (χ4n) is 2.43. The zero-order valence-corrected chi connectivity index (χ0v) is 17.9. The average molecular weight is 480 g/mol. The predicted octanol–water partition coefficient (Wildman–Crippen LogP) is 3.29. The Morgan fingerprint density at radius 2 is 2.00 bits per heavy atom. The Kier molecular flexibility index (Phi) is 8.31. The van der Waals surface area contributed by atoms with Crippen molar-refractivity contribution >= 4 is 29.9 Å². The van der Waals surface area contributed by atoms with Gasteiger partial charge in [0, 0.05) is 19.5 Å². The highest BCUT2D eigenvalue weighted by atomic mass is 127. The number of furan rings is 1. The Hall–Kier alpha value is -2.36. The van der Waals surface area contributed by atoms with Crippen molar-refractivity contribution in [2.45, 2.75) is 26.8 Å². The zero-order valence-electron chi connectivity index (χ0n) is 15.5. The molecule has 1 aromatic carbocycles. The average Bonchev–Trinajstić information content (AvgIpc) is 3.32. The van der Waals surface area contributed by atoms with Crippen molar-refractivity contribution in [2.24, 2.45) is 4.99 Å². The van der Waals surface area contributed by atoms with Crippen molar-refractivity contribution in [1.29, 1.82) is 0 Å². The molecule has 0 saturated carbocycles. The van der Waals surface area contributed by atoms with Crippen LogP contribution in [0, 0.1) is 6.92 Å². The lowest BCUT2D eigenvalue weighted by Gasteiger charge is -2.10. The van der Waals surface area contributed by atoms with E-state index in [2.05, 4.69) is 68.9 Å². The largest absolute Gasteiger partial charge is 0.461 e. The lowest BCUT2D eigenvalue weighted by Crippen LogP contribution is -2.38. The quantitative estimate of drug-likeness (QED) is 0.274. The summed E-state index contributed by atoms with van der Waals surface area (Å²) in [5.41, 5.74) is 2.44. The van der Waals surface area contributed by atoms with Gasteiger partial charge < -0.3 is 15.1 Å². The highest BCUT2D eigenvalue weighted by molar-refractivity contribution is 14.0. The van der Waals surface area contributed by atoms with Gasteiger partial charge in [-0.3, -0.25) is 5.10 Å². The van der Waals surface area contributed by atoms with Gasteiger partial charge in [0.2, 0.25) is 5.82 Å². The van der Waals surface area contributed by atoms with E-state index >= 15 is 0 Å². The summed E-state index contributed by atoms with van der Waals surface area (Å²) >= 11 is 0. The Morgan fingerprint density at radius 3 is 2.70 bits per heavy atom. The van der Waals surface area contributed by atoms with Crippen LogP contribution in [0.5, 0.6) is 0 Å². The van der Waals surface area contributed by atoms with Gasteiger partial charge in [0.1, 0.15) is 5.82 Å². The number of hydrogen-bond acceptors (Lipinski definition) is 4. The van der Waals surface area contributed by atoms with Gasteiger partial charge in [0.15, 0.2) is 11.7 Å². The molecule has 27 heavy (non-hydrogen) atoms. The molecule has 3 N–H and O–H groups in total. The highest BCUT2D eigenvalue weighted by Crippen LogP contribution is 2.14. The second-order valence-electron chi connectivity index (χ2n) is 5.94. The Labute approximate surface area is 176 Å². The number of nitrogens with zero attached hydrogens (tertiary/aromatic N) is 3. The van der Waals surface area contributed by atoms with Crippen LogP contribution in [-0.4, -0.2) is 34.2 Å². The number of aromatic amines is 1. The van der Waals surface area contributed by atoms with Crippen LogP contribution in [0.3, 0.4) is 0 Å². The molecular weight excluding hydrogens is 455 g/mol. The molecule has 0 spiro atoms. The molecule has 0 radical (unpaired) electrons. The zero-order chi connectivity index (χ0) is 18.2. The highest BCUT2D eigenvalue weighted by Gasteiger charge is 2.08. The Bertz CT molecular complexity index is 826. The number of nitrogens with one attached hydrogen (secondary N) is 3. The van der Waals surface area contributed by atoms with E-state index in [1.807, 2.05) is 12.1 Å². The minimum absolute atomic E-state index is 0. The van der Waals surface area contributed by atoms with Gasteiger partial charge >= 0.3 is 0 Å². The molecule has 7 nitrogen and oxygen atoms in total. The topological polar surface area (TPSA) is 91.1 Å².